The minimum absolute atomic E-state index is 0.0299. The zero-order valence-corrected chi connectivity index (χ0v) is 11.3. The molecule has 0 saturated heterocycles. The number of rotatable bonds is 4. The van der Waals surface area contributed by atoms with Gasteiger partial charge in [0, 0.05) is 12.1 Å². The molecule has 5 heteroatoms. The summed E-state index contributed by atoms with van der Waals surface area (Å²) in [5.74, 6) is -0.516. The molecule has 1 aliphatic carbocycles. The van der Waals surface area contributed by atoms with Gasteiger partial charge in [-0.15, -0.1) is 0 Å². The number of nitrogens with zero attached hydrogens (tertiary/aromatic N) is 1. The highest BCUT2D eigenvalue weighted by Gasteiger charge is 2.39. The Kier molecular flexibility index (Phi) is 3.66. The molecule has 0 unspecified atom stereocenters. The van der Waals surface area contributed by atoms with E-state index in [4.69, 9.17) is 0 Å². The smallest absolute Gasteiger partial charge is 0.255 e. The van der Waals surface area contributed by atoms with Crippen LogP contribution < -0.4 is 5.32 Å². The fourth-order valence-electron chi connectivity index (χ4n) is 2.41. The molecule has 1 aromatic carbocycles. The Labute approximate surface area is 112 Å². The number of phenolic OH excluding ortho intramolecular Hbond substituents is 2. The molecule has 0 spiro atoms. The van der Waals surface area contributed by atoms with Gasteiger partial charge in [-0.3, -0.25) is 4.79 Å². The van der Waals surface area contributed by atoms with Crippen molar-refractivity contribution in [1.29, 1.82) is 0 Å². The number of hydrogen-bond donors (Lipinski definition) is 3. The average Bonchev–Trinajstić information content (AvgIpc) is 2.30. The van der Waals surface area contributed by atoms with E-state index in [1.54, 1.807) is 0 Å². The number of amides is 1. The fraction of sp³-hybridized carbons (Fsp3) is 0.500. The lowest BCUT2D eigenvalue weighted by Crippen LogP contribution is -2.57. The monoisotopic (exact) mass is 264 g/mol. The number of carbonyl (C=O) groups is 1. The Morgan fingerprint density at radius 1 is 1.37 bits per heavy atom. The van der Waals surface area contributed by atoms with Crippen LogP contribution in [0, 0.1) is 0 Å². The van der Waals surface area contributed by atoms with Crippen molar-refractivity contribution >= 4 is 5.91 Å². The quantitative estimate of drug-likeness (QED) is 0.717. The molecule has 3 N–H and O–H groups in total. The fourth-order valence-corrected chi connectivity index (χ4v) is 2.41. The van der Waals surface area contributed by atoms with Gasteiger partial charge in [0.25, 0.3) is 5.91 Å². The second-order valence-electron chi connectivity index (χ2n) is 5.36. The summed E-state index contributed by atoms with van der Waals surface area (Å²) >= 11 is 0. The van der Waals surface area contributed by atoms with E-state index in [1.165, 1.54) is 24.6 Å². The Morgan fingerprint density at radius 2 is 2.05 bits per heavy atom. The summed E-state index contributed by atoms with van der Waals surface area (Å²) in [5.41, 5.74) is 0.135. The molecule has 19 heavy (non-hydrogen) atoms. The molecule has 0 radical (unpaired) electrons. The third-order valence-electron chi connectivity index (χ3n) is 4.04. The zero-order chi connectivity index (χ0) is 14.0. The van der Waals surface area contributed by atoms with Crippen LogP contribution in [0.4, 0.5) is 0 Å². The van der Waals surface area contributed by atoms with Crippen LogP contribution in [0.3, 0.4) is 0 Å². The average molecular weight is 264 g/mol. The molecule has 0 aromatic heterocycles. The summed E-state index contributed by atoms with van der Waals surface area (Å²) in [7, 11) is 4.02. The molecular weight excluding hydrogens is 244 g/mol. The summed E-state index contributed by atoms with van der Waals surface area (Å²) in [6.45, 7) is 0.550. The molecule has 1 saturated carbocycles. The van der Waals surface area contributed by atoms with Crippen molar-refractivity contribution in [1.82, 2.24) is 10.2 Å². The van der Waals surface area contributed by atoms with Gasteiger partial charge in [-0.2, -0.15) is 0 Å². The van der Waals surface area contributed by atoms with Gasteiger partial charge in [-0.1, -0.05) is 0 Å². The van der Waals surface area contributed by atoms with Crippen LogP contribution in [0.1, 0.15) is 29.6 Å². The first-order valence-electron chi connectivity index (χ1n) is 6.42. The van der Waals surface area contributed by atoms with E-state index in [0.717, 1.165) is 12.8 Å². The molecule has 0 bridgehead atoms. The lowest BCUT2D eigenvalue weighted by molar-refractivity contribution is 0.0557. The molecule has 1 aliphatic rings. The molecule has 0 atom stereocenters. The van der Waals surface area contributed by atoms with Gasteiger partial charge >= 0.3 is 0 Å². The minimum Gasteiger partial charge on any atom is -0.508 e. The van der Waals surface area contributed by atoms with Crippen LogP contribution in [0.2, 0.25) is 0 Å². The summed E-state index contributed by atoms with van der Waals surface area (Å²) in [5, 5.41) is 21.8. The predicted octanol–water partition coefficient (Wildman–Crippen LogP) is 1.31. The van der Waals surface area contributed by atoms with E-state index in [9.17, 15) is 15.0 Å². The summed E-state index contributed by atoms with van der Waals surface area (Å²) in [6.07, 6.45) is 3.30. The zero-order valence-electron chi connectivity index (χ0n) is 11.3. The summed E-state index contributed by atoms with van der Waals surface area (Å²) < 4.78 is 0. The number of hydrogen-bond acceptors (Lipinski definition) is 4. The first kappa shape index (κ1) is 13.7. The first-order valence-corrected chi connectivity index (χ1v) is 6.42. The van der Waals surface area contributed by atoms with Gasteiger partial charge in [-0.05, 0) is 51.6 Å². The molecule has 2 rings (SSSR count). The largest absolute Gasteiger partial charge is 0.508 e. The van der Waals surface area contributed by atoms with Crippen LogP contribution in [0.5, 0.6) is 11.5 Å². The lowest BCUT2D eigenvalue weighted by Gasteiger charge is -2.47. The highest BCUT2D eigenvalue weighted by molar-refractivity contribution is 5.97. The Hall–Kier alpha value is -1.75. The molecule has 1 aromatic rings. The third kappa shape index (κ3) is 2.66. The highest BCUT2D eigenvalue weighted by atomic mass is 16.3. The first-order chi connectivity index (χ1) is 8.94. The van der Waals surface area contributed by atoms with Gasteiger partial charge in [0.15, 0.2) is 0 Å². The van der Waals surface area contributed by atoms with Crippen molar-refractivity contribution in [3.8, 4) is 11.5 Å². The molecule has 0 heterocycles. The number of carbonyl (C=O) groups excluding carboxylic acids is 1. The molecule has 104 valence electrons. The van der Waals surface area contributed by atoms with Gasteiger partial charge < -0.3 is 20.4 Å². The molecule has 5 nitrogen and oxygen atoms in total. The maximum absolute atomic E-state index is 12.0. The van der Waals surface area contributed by atoms with Crippen molar-refractivity contribution < 1.29 is 15.0 Å². The van der Waals surface area contributed by atoms with Gasteiger partial charge in [0.2, 0.25) is 0 Å². The number of benzene rings is 1. The number of nitrogens with one attached hydrogen (secondary N) is 1. The highest BCUT2D eigenvalue weighted by Crippen LogP contribution is 2.35. The van der Waals surface area contributed by atoms with Crippen molar-refractivity contribution in [2.45, 2.75) is 24.8 Å². The third-order valence-corrected chi connectivity index (χ3v) is 4.04. The van der Waals surface area contributed by atoms with Crippen molar-refractivity contribution in [3.05, 3.63) is 23.8 Å². The molecular formula is C14H20N2O3. The van der Waals surface area contributed by atoms with Crippen LogP contribution in [0.25, 0.3) is 0 Å². The standard InChI is InChI=1S/C14H20N2O3/c1-16(2)14(6-3-7-14)9-15-13(19)11-8-10(17)4-5-12(11)18/h4-5,8,17-18H,3,6-7,9H2,1-2H3,(H,15,19). The van der Waals surface area contributed by atoms with E-state index in [1.807, 2.05) is 14.1 Å². The lowest BCUT2D eigenvalue weighted by atomic mass is 9.75. The Bertz CT molecular complexity index is 482. The summed E-state index contributed by atoms with van der Waals surface area (Å²) in [6, 6.07) is 3.93. The SMILES string of the molecule is CN(C)C1(CNC(=O)c2cc(O)ccc2O)CCC1. The number of phenols is 2. The van der Waals surface area contributed by atoms with Crippen LogP contribution in [-0.4, -0.2) is 47.2 Å². The van der Waals surface area contributed by atoms with E-state index in [2.05, 4.69) is 10.2 Å². The van der Waals surface area contributed by atoms with E-state index in [-0.39, 0.29) is 28.5 Å². The molecule has 1 fully saturated rings. The van der Waals surface area contributed by atoms with Crippen molar-refractivity contribution in [3.63, 3.8) is 0 Å². The van der Waals surface area contributed by atoms with Crippen molar-refractivity contribution in [2.75, 3.05) is 20.6 Å². The topological polar surface area (TPSA) is 72.8 Å². The maximum atomic E-state index is 12.0. The predicted molar refractivity (Wildman–Crippen MR) is 72.4 cm³/mol. The maximum Gasteiger partial charge on any atom is 0.255 e. The molecule has 0 aliphatic heterocycles. The Morgan fingerprint density at radius 3 is 2.58 bits per heavy atom. The number of aromatic hydroxyl groups is 2. The van der Waals surface area contributed by atoms with E-state index in [0.29, 0.717) is 6.54 Å². The van der Waals surface area contributed by atoms with Gasteiger partial charge in [0.1, 0.15) is 11.5 Å². The minimum atomic E-state index is -0.360. The Balaban J connectivity index is 2.03. The number of likely N-dealkylation sites (N-methyl/N-ethyl adjacent to an activating group) is 1. The van der Waals surface area contributed by atoms with E-state index >= 15 is 0 Å². The second kappa shape index (κ2) is 5.09. The summed E-state index contributed by atoms with van der Waals surface area (Å²) in [4.78, 5) is 14.2. The second-order valence-corrected chi connectivity index (χ2v) is 5.36. The van der Waals surface area contributed by atoms with Crippen LogP contribution >= 0.6 is 0 Å². The van der Waals surface area contributed by atoms with Crippen molar-refractivity contribution in [2.24, 2.45) is 0 Å². The molecule has 1 amide bonds. The van der Waals surface area contributed by atoms with Crippen LogP contribution in [-0.2, 0) is 0 Å². The van der Waals surface area contributed by atoms with Crippen LogP contribution in [0.15, 0.2) is 18.2 Å². The van der Waals surface area contributed by atoms with Gasteiger partial charge in [0.05, 0.1) is 5.56 Å². The van der Waals surface area contributed by atoms with E-state index < -0.39 is 0 Å². The normalized spacial score (nSPS) is 17.0. The van der Waals surface area contributed by atoms with Gasteiger partial charge in [-0.25, -0.2) is 0 Å².